The third kappa shape index (κ3) is 3.79. The number of rotatable bonds is 4. The third-order valence-electron chi connectivity index (χ3n) is 5.61. The summed E-state index contributed by atoms with van der Waals surface area (Å²) in [6, 6.07) is 17.7. The van der Waals surface area contributed by atoms with Gasteiger partial charge in [0.25, 0.3) is 11.8 Å². The van der Waals surface area contributed by atoms with Gasteiger partial charge in [-0.05, 0) is 18.2 Å². The predicted octanol–water partition coefficient (Wildman–Crippen LogP) is 4.55. The number of H-pyrrole nitrogens is 1. The molecule has 162 valence electrons. The molecule has 0 spiro atoms. The molecule has 1 fully saturated rings. The Labute approximate surface area is 182 Å². The second-order valence-electron chi connectivity index (χ2n) is 7.69. The lowest BCUT2D eigenvalue weighted by Gasteiger charge is -2.38. The van der Waals surface area contributed by atoms with Crippen molar-refractivity contribution < 1.29 is 18.3 Å². The SMILES string of the molecule is O=C(c1ccccc1-c1ncc[nH]1)N1CCC(F)(F)C(Oc2ccc3ccccc3n2)C1. The number of alkyl halides is 2. The molecule has 1 unspecified atom stereocenters. The van der Waals surface area contributed by atoms with E-state index in [1.807, 2.05) is 18.2 Å². The van der Waals surface area contributed by atoms with Crippen LogP contribution in [0.4, 0.5) is 8.78 Å². The Morgan fingerprint density at radius 2 is 1.91 bits per heavy atom. The van der Waals surface area contributed by atoms with Crippen LogP contribution >= 0.6 is 0 Å². The highest BCUT2D eigenvalue weighted by atomic mass is 19.3. The molecule has 6 nitrogen and oxygen atoms in total. The number of fused-ring (bicyclic) bond motifs is 1. The van der Waals surface area contributed by atoms with Gasteiger partial charge in [-0.15, -0.1) is 0 Å². The molecule has 32 heavy (non-hydrogen) atoms. The number of hydrogen-bond donors (Lipinski definition) is 1. The van der Waals surface area contributed by atoms with Crippen molar-refractivity contribution >= 4 is 16.8 Å². The standard InChI is InChI=1S/C24H20F2N4O2/c25-24(26)11-14-30(23(31)18-7-3-2-6-17(18)22-27-12-13-28-22)15-20(24)32-21-10-9-16-5-1-4-8-19(16)29-21/h1-10,12-13,20H,11,14-15H2,(H,27,28). The van der Waals surface area contributed by atoms with Crippen LogP contribution in [-0.2, 0) is 0 Å². The maximum Gasteiger partial charge on any atom is 0.287 e. The summed E-state index contributed by atoms with van der Waals surface area (Å²) in [5.74, 6) is -2.76. The number of pyridine rings is 1. The first-order valence-corrected chi connectivity index (χ1v) is 10.3. The molecule has 1 atom stereocenters. The number of benzene rings is 2. The summed E-state index contributed by atoms with van der Waals surface area (Å²) in [6.07, 6.45) is 1.28. The summed E-state index contributed by atoms with van der Waals surface area (Å²) in [5, 5.41) is 0.890. The average molecular weight is 434 g/mol. The number of piperidine rings is 1. The number of nitrogens with zero attached hydrogens (tertiary/aromatic N) is 3. The molecular formula is C24H20F2N4O2. The van der Waals surface area contributed by atoms with Crippen molar-refractivity contribution in [3.05, 3.63) is 78.6 Å². The lowest BCUT2D eigenvalue weighted by atomic mass is 10.0. The van der Waals surface area contributed by atoms with Crippen LogP contribution in [-0.4, -0.2) is 50.9 Å². The largest absolute Gasteiger partial charge is 0.466 e. The highest BCUT2D eigenvalue weighted by Gasteiger charge is 2.47. The quantitative estimate of drug-likeness (QED) is 0.511. The van der Waals surface area contributed by atoms with Gasteiger partial charge in [0.1, 0.15) is 5.82 Å². The van der Waals surface area contributed by atoms with E-state index >= 15 is 0 Å². The van der Waals surface area contributed by atoms with Gasteiger partial charge in [0.05, 0.1) is 17.6 Å². The topological polar surface area (TPSA) is 71.1 Å². The molecule has 4 aromatic rings. The maximum absolute atomic E-state index is 14.7. The number of ether oxygens (including phenoxy) is 1. The smallest absolute Gasteiger partial charge is 0.287 e. The summed E-state index contributed by atoms with van der Waals surface area (Å²) in [7, 11) is 0. The van der Waals surface area contributed by atoms with Crippen LogP contribution in [0.25, 0.3) is 22.3 Å². The molecule has 2 aromatic carbocycles. The van der Waals surface area contributed by atoms with Gasteiger partial charge in [0.15, 0.2) is 6.10 Å². The van der Waals surface area contributed by atoms with E-state index in [2.05, 4.69) is 15.0 Å². The Kier molecular flexibility index (Phi) is 5.05. The zero-order valence-corrected chi connectivity index (χ0v) is 17.0. The second-order valence-corrected chi connectivity index (χ2v) is 7.69. The van der Waals surface area contributed by atoms with E-state index < -0.39 is 18.4 Å². The summed E-state index contributed by atoms with van der Waals surface area (Å²) in [4.78, 5) is 26.2. The molecule has 2 aromatic heterocycles. The lowest BCUT2D eigenvalue weighted by Crippen LogP contribution is -2.55. The van der Waals surface area contributed by atoms with Crippen molar-refractivity contribution in [3.8, 4) is 17.3 Å². The molecular weight excluding hydrogens is 414 g/mol. The van der Waals surface area contributed by atoms with Crippen molar-refractivity contribution in [1.82, 2.24) is 19.9 Å². The summed E-state index contributed by atoms with van der Waals surface area (Å²) in [5.41, 5.74) is 1.67. The van der Waals surface area contributed by atoms with Crippen LogP contribution in [0.5, 0.6) is 5.88 Å². The van der Waals surface area contributed by atoms with Crippen LogP contribution in [0, 0.1) is 0 Å². The van der Waals surface area contributed by atoms with Gasteiger partial charge in [0.2, 0.25) is 5.88 Å². The first-order valence-electron chi connectivity index (χ1n) is 10.3. The van der Waals surface area contributed by atoms with E-state index in [0.29, 0.717) is 22.5 Å². The van der Waals surface area contributed by atoms with Crippen LogP contribution in [0.3, 0.4) is 0 Å². The third-order valence-corrected chi connectivity index (χ3v) is 5.61. The number of aromatic amines is 1. The van der Waals surface area contributed by atoms with Crippen molar-refractivity contribution in [1.29, 1.82) is 0 Å². The number of halogens is 2. The minimum atomic E-state index is -3.08. The van der Waals surface area contributed by atoms with Gasteiger partial charge < -0.3 is 14.6 Å². The van der Waals surface area contributed by atoms with Crippen molar-refractivity contribution in [2.75, 3.05) is 13.1 Å². The highest BCUT2D eigenvalue weighted by Crippen LogP contribution is 2.33. The monoisotopic (exact) mass is 434 g/mol. The van der Waals surface area contributed by atoms with E-state index in [1.165, 1.54) is 4.90 Å². The first-order chi connectivity index (χ1) is 15.5. The molecule has 1 N–H and O–H groups in total. The Bertz CT molecular complexity index is 1260. The van der Waals surface area contributed by atoms with E-state index in [4.69, 9.17) is 4.74 Å². The Morgan fingerprint density at radius 1 is 1.09 bits per heavy atom. The van der Waals surface area contributed by atoms with Gasteiger partial charge in [-0.3, -0.25) is 4.79 Å². The van der Waals surface area contributed by atoms with E-state index in [-0.39, 0.29) is 24.9 Å². The zero-order chi connectivity index (χ0) is 22.1. The van der Waals surface area contributed by atoms with E-state index in [0.717, 1.165) is 5.39 Å². The fourth-order valence-corrected chi connectivity index (χ4v) is 3.90. The minimum Gasteiger partial charge on any atom is -0.466 e. The number of para-hydroxylation sites is 1. The molecule has 0 saturated carbocycles. The van der Waals surface area contributed by atoms with Crippen LogP contribution in [0.2, 0.25) is 0 Å². The zero-order valence-electron chi connectivity index (χ0n) is 17.0. The number of likely N-dealkylation sites (tertiary alicyclic amines) is 1. The van der Waals surface area contributed by atoms with Crippen LogP contribution < -0.4 is 4.74 Å². The number of carbonyl (C=O) groups excluding carboxylic acids is 1. The minimum absolute atomic E-state index is 0.0661. The highest BCUT2D eigenvalue weighted by molar-refractivity contribution is 6.00. The molecule has 0 radical (unpaired) electrons. The van der Waals surface area contributed by atoms with E-state index in [9.17, 15) is 13.6 Å². The first kappa shape index (κ1) is 20.1. The molecule has 0 aliphatic carbocycles. The van der Waals surface area contributed by atoms with Gasteiger partial charge in [0, 0.05) is 42.4 Å². The van der Waals surface area contributed by atoms with Crippen molar-refractivity contribution in [2.45, 2.75) is 18.4 Å². The van der Waals surface area contributed by atoms with Crippen molar-refractivity contribution in [3.63, 3.8) is 0 Å². The molecule has 1 aliphatic heterocycles. The molecule has 0 bridgehead atoms. The normalized spacial score (nSPS) is 17.9. The molecule has 1 saturated heterocycles. The number of carbonyl (C=O) groups is 1. The second kappa shape index (κ2) is 8.03. The fraction of sp³-hybridized carbons (Fsp3) is 0.208. The van der Waals surface area contributed by atoms with Crippen LogP contribution in [0.1, 0.15) is 16.8 Å². The Morgan fingerprint density at radius 3 is 2.75 bits per heavy atom. The van der Waals surface area contributed by atoms with Gasteiger partial charge in [-0.2, -0.15) is 0 Å². The molecule has 8 heteroatoms. The summed E-state index contributed by atoms with van der Waals surface area (Å²) >= 11 is 0. The Balaban J connectivity index is 1.39. The number of hydrogen-bond acceptors (Lipinski definition) is 4. The van der Waals surface area contributed by atoms with Gasteiger partial charge >= 0.3 is 0 Å². The van der Waals surface area contributed by atoms with E-state index in [1.54, 1.807) is 54.9 Å². The molecule has 3 heterocycles. The van der Waals surface area contributed by atoms with Gasteiger partial charge in [-0.25, -0.2) is 18.7 Å². The molecule has 1 aliphatic rings. The summed E-state index contributed by atoms with van der Waals surface area (Å²) in [6.45, 7) is -0.309. The number of nitrogens with one attached hydrogen (secondary N) is 1. The predicted molar refractivity (Wildman–Crippen MR) is 116 cm³/mol. The molecule has 5 rings (SSSR count). The number of imidazole rings is 1. The van der Waals surface area contributed by atoms with Crippen molar-refractivity contribution in [2.24, 2.45) is 0 Å². The fourth-order valence-electron chi connectivity index (χ4n) is 3.90. The maximum atomic E-state index is 14.7. The number of aromatic nitrogens is 3. The number of amides is 1. The van der Waals surface area contributed by atoms with Gasteiger partial charge in [-0.1, -0.05) is 36.4 Å². The Hall–Kier alpha value is -3.81. The van der Waals surface area contributed by atoms with Crippen LogP contribution in [0.15, 0.2) is 73.1 Å². The average Bonchev–Trinajstić information content (AvgIpc) is 3.35. The lowest BCUT2D eigenvalue weighted by molar-refractivity contribution is -0.131. The molecule has 1 amide bonds. The summed E-state index contributed by atoms with van der Waals surface area (Å²) < 4.78 is 35.0.